The van der Waals surface area contributed by atoms with E-state index in [0.717, 1.165) is 27.9 Å². The molecule has 0 saturated carbocycles. The number of rotatable bonds is 8. The molecule has 0 aliphatic rings. The number of nitrogens with zero attached hydrogens (tertiary/aromatic N) is 3. The van der Waals surface area contributed by atoms with Crippen LogP contribution >= 0.6 is 11.3 Å². The molecule has 6 nitrogen and oxygen atoms in total. The molecule has 0 aliphatic carbocycles. The molecule has 1 amide bonds. The molecule has 0 aliphatic heterocycles. The van der Waals surface area contributed by atoms with Gasteiger partial charge in [0, 0.05) is 12.3 Å². The second kappa shape index (κ2) is 10.3. The van der Waals surface area contributed by atoms with Crippen molar-refractivity contribution >= 4 is 38.7 Å². The van der Waals surface area contributed by atoms with Gasteiger partial charge in [-0.1, -0.05) is 42.5 Å². The van der Waals surface area contributed by atoms with Crippen molar-refractivity contribution in [3.05, 3.63) is 83.7 Å². The fourth-order valence-corrected chi connectivity index (χ4v) is 4.52. The van der Waals surface area contributed by atoms with Crippen molar-refractivity contribution < 1.29 is 14.3 Å². The molecule has 2 heterocycles. The Kier molecular flexibility index (Phi) is 7.00. The van der Waals surface area contributed by atoms with Crippen LogP contribution in [0.2, 0.25) is 0 Å². The minimum absolute atomic E-state index is 0.174. The topological polar surface area (TPSA) is 64.6 Å². The third-order valence-electron chi connectivity index (χ3n) is 5.24. The Morgan fingerprint density at radius 2 is 1.91 bits per heavy atom. The largest absolute Gasteiger partial charge is 0.493 e. The zero-order valence-electron chi connectivity index (χ0n) is 18.8. The molecule has 0 N–H and O–H groups in total. The number of pyridine rings is 1. The van der Waals surface area contributed by atoms with Crippen molar-refractivity contribution in [1.82, 2.24) is 9.97 Å². The number of fused-ring (bicyclic) bond motifs is 1. The summed E-state index contributed by atoms with van der Waals surface area (Å²) in [6.07, 6.45) is 5.93. The number of anilines is 1. The first kappa shape index (κ1) is 22.5. The molecule has 0 bridgehead atoms. The molecule has 0 atom stereocenters. The van der Waals surface area contributed by atoms with Crippen LogP contribution in [0.1, 0.15) is 23.7 Å². The SMILES string of the molecule is CCc1cccc2sc(N(Cc3ccccn3)C(=O)/C=C/c3ccc(OC)c(OC)c3)nc12. The van der Waals surface area contributed by atoms with Crippen molar-refractivity contribution in [2.45, 2.75) is 19.9 Å². The predicted octanol–water partition coefficient (Wildman–Crippen LogP) is 5.52. The zero-order valence-corrected chi connectivity index (χ0v) is 19.6. The second-order valence-electron chi connectivity index (χ2n) is 7.31. The highest BCUT2D eigenvalue weighted by Gasteiger charge is 2.20. The van der Waals surface area contributed by atoms with E-state index in [9.17, 15) is 4.79 Å². The summed E-state index contributed by atoms with van der Waals surface area (Å²) < 4.78 is 11.7. The molecule has 4 aromatic rings. The van der Waals surface area contributed by atoms with E-state index in [1.807, 2.05) is 48.5 Å². The van der Waals surface area contributed by atoms with Crippen LogP contribution in [0.5, 0.6) is 11.5 Å². The lowest BCUT2D eigenvalue weighted by molar-refractivity contribution is -0.114. The van der Waals surface area contributed by atoms with Crippen molar-refractivity contribution in [2.24, 2.45) is 0 Å². The first-order valence-electron chi connectivity index (χ1n) is 10.6. The smallest absolute Gasteiger partial charge is 0.253 e. The fourth-order valence-electron chi connectivity index (χ4n) is 3.50. The molecule has 33 heavy (non-hydrogen) atoms. The first-order chi connectivity index (χ1) is 16.1. The number of carbonyl (C=O) groups is 1. The van der Waals surface area contributed by atoms with Gasteiger partial charge in [0.1, 0.15) is 0 Å². The van der Waals surface area contributed by atoms with Crippen LogP contribution in [-0.4, -0.2) is 30.1 Å². The van der Waals surface area contributed by atoms with Crippen LogP contribution in [0.3, 0.4) is 0 Å². The van der Waals surface area contributed by atoms with Gasteiger partial charge in [-0.25, -0.2) is 4.98 Å². The number of thiazole rings is 1. The molecule has 0 radical (unpaired) electrons. The van der Waals surface area contributed by atoms with Gasteiger partial charge in [0.15, 0.2) is 16.6 Å². The molecule has 0 fully saturated rings. The number of para-hydroxylation sites is 1. The summed E-state index contributed by atoms with van der Waals surface area (Å²) in [6.45, 7) is 2.44. The minimum atomic E-state index is -0.174. The Hall–Kier alpha value is -3.71. The van der Waals surface area contributed by atoms with E-state index >= 15 is 0 Å². The highest BCUT2D eigenvalue weighted by atomic mass is 32.1. The summed E-state index contributed by atoms with van der Waals surface area (Å²) in [7, 11) is 3.18. The average molecular weight is 460 g/mol. The maximum absolute atomic E-state index is 13.4. The van der Waals surface area contributed by atoms with Gasteiger partial charge in [0.25, 0.3) is 5.91 Å². The molecule has 0 saturated heterocycles. The summed E-state index contributed by atoms with van der Waals surface area (Å²) in [5.74, 6) is 1.07. The van der Waals surface area contributed by atoms with E-state index in [1.54, 1.807) is 37.5 Å². The highest BCUT2D eigenvalue weighted by Crippen LogP contribution is 2.32. The number of benzene rings is 2. The quantitative estimate of drug-likeness (QED) is 0.325. The molecule has 4 rings (SSSR count). The molecule has 2 aromatic heterocycles. The van der Waals surface area contributed by atoms with E-state index in [4.69, 9.17) is 14.5 Å². The monoisotopic (exact) mass is 459 g/mol. The number of amides is 1. The molecular weight excluding hydrogens is 434 g/mol. The number of aryl methyl sites for hydroxylation is 1. The van der Waals surface area contributed by atoms with Gasteiger partial charge in [-0.15, -0.1) is 0 Å². The molecule has 168 valence electrons. The van der Waals surface area contributed by atoms with Gasteiger partial charge in [0.2, 0.25) is 0 Å². The molecule has 2 aromatic carbocycles. The van der Waals surface area contributed by atoms with Crippen molar-refractivity contribution in [2.75, 3.05) is 19.1 Å². The van der Waals surface area contributed by atoms with Gasteiger partial charge in [-0.2, -0.15) is 0 Å². The summed E-state index contributed by atoms with van der Waals surface area (Å²) in [4.78, 5) is 24.3. The van der Waals surface area contributed by atoms with Crippen LogP contribution in [0, 0.1) is 0 Å². The Balaban J connectivity index is 1.67. The van der Waals surface area contributed by atoms with Gasteiger partial charge in [-0.3, -0.25) is 14.7 Å². The lowest BCUT2D eigenvalue weighted by Gasteiger charge is -2.17. The third-order valence-corrected chi connectivity index (χ3v) is 6.28. The number of hydrogen-bond donors (Lipinski definition) is 0. The van der Waals surface area contributed by atoms with Crippen molar-refractivity contribution in [3.63, 3.8) is 0 Å². The van der Waals surface area contributed by atoms with Crippen LogP contribution < -0.4 is 14.4 Å². The van der Waals surface area contributed by atoms with Gasteiger partial charge in [0.05, 0.1) is 36.7 Å². The Bertz CT molecular complexity index is 1280. The van der Waals surface area contributed by atoms with Crippen LogP contribution in [0.4, 0.5) is 5.13 Å². The fraction of sp³-hybridized carbons (Fsp3) is 0.192. The number of carbonyl (C=O) groups excluding carboxylic acids is 1. The van der Waals surface area contributed by atoms with E-state index in [1.165, 1.54) is 16.9 Å². The Labute approximate surface area is 197 Å². The second-order valence-corrected chi connectivity index (χ2v) is 8.32. The van der Waals surface area contributed by atoms with E-state index in [-0.39, 0.29) is 5.91 Å². The maximum atomic E-state index is 13.4. The normalized spacial score (nSPS) is 11.1. The van der Waals surface area contributed by atoms with E-state index in [2.05, 4.69) is 18.0 Å². The number of hydrogen-bond acceptors (Lipinski definition) is 6. The molecule has 0 unspecified atom stereocenters. The van der Waals surface area contributed by atoms with Crippen LogP contribution in [0.15, 0.2) is 66.9 Å². The van der Waals surface area contributed by atoms with Crippen molar-refractivity contribution in [3.8, 4) is 11.5 Å². The number of aromatic nitrogens is 2. The molecule has 0 spiro atoms. The summed E-state index contributed by atoms with van der Waals surface area (Å²) in [5, 5.41) is 0.651. The maximum Gasteiger partial charge on any atom is 0.253 e. The van der Waals surface area contributed by atoms with Gasteiger partial charge in [-0.05, 0) is 54.0 Å². The summed E-state index contributed by atoms with van der Waals surface area (Å²) in [5.41, 5.74) is 3.74. The molecular formula is C26H25N3O3S. The predicted molar refractivity (Wildman–Crippen MR) is 133 cm³/mol. The Morgan fingerprint density at radius 1 is 1.06 bits per heavy atom. The highest BCUT2D eigenvalue weighted by molar-refractivity contribution is 7.22. The van der Waals surface area contributed by atoms with E-state index < -0.39 is 0 Å². The van der Waals surface area contributed by atoms with Crippen LogP contribution in [-0.2, 0) is 17.8 Å². The molecule has 7 heteroatoms. The van der Waals surface area contributed by atoms with Crippen molar-refractivity contribution in [1.29, 1.82) is 0 Å². The first-order valence-corrected chi connectivity index (χ1v) is 11.4. The lowest BCUT2D eigenvalue weighted by Crippen LogP contribution is -2.29. The minimum Gasteiger partial charge on any atom is -0.493 e. The van der Waals surface area contributed by atoms with Gasteiger partial charge < -0.3 is 9.47 Å². The zero-order chi connectivity index (χ0) is 23.2. The summed E-state index contributed by atoms with van der Waals surface area (Å²) >= 11 is 1.51. The average Bonchev–Trinajstić information content (AvgIpc) is 3.30. The third kappa shape index (κ3) is 5.04. The van der Waals surface area contributed by atoms with Crippen LogP contribution in [0.25, 0.3) is 16.3 Å². The van der Waals surface area contributed by atoms with E-state index in [0.29, 0.717) is 23.2 Å². The Morgan fingerprint density at radius 3 is 2.64 bits per heavy atom. The van der Waals surface area contributed by atoms with Gasteiger partial charge >= 0.3 is 0 Å². The lowest BCUT2D eigenvalue weighted by atomic mass is 10.1. The number of methoxy groups -OCH3 is 2. The standard InChI is InChI=1S/C26H25N3O3S/c1-4-19-8-7-10-23-25(19)28-26(33-23)29(17-20-9-5-6-15-27-20)24(30)14-12-18-11-13-21(31-2)22(16-18)32-3/h5-16H,4,17H2,1-3H3/b14-12+. The summed E-state index contributed by atoms with van der Waals surface area (Å²) in [6, 6.07) is 17.3. The number of ether oxygens (including phenoxy) is 2.